The van der Waals surface area contributed by atoms with Crippen LogP contribution in [-0.4, -0.2) is 77.6 Å². The lowest BCUT2D eigenvalue weighted by Crippen LogP contribution is -2.24. The van der Waals surface area contributed by atoms with Gasteiger partial charge in [-0.3, -0.25) is 0 Å². The van der Waals surface area contributed by atoms with Crippen LogP contribution in [0.1, 0.15) is 78.6 Å². The summed E-state index contributed by atoms with van der Waals surface area (Å²) in [6, 6.07) is 34.7. The number of ether oxygens (including phenoxy) is 4. The minimum atomic E-state index is -1.07. The molecule has 0 bridgehead atoms. The van der Waals surface area contributed by atoms with E-state index in [9.17, 15) is 28.6 Å². The molecule has 4 fully saturated rings. The molecule has 10 aromatic rings. The maximum Gasteiger partial charge on any atom is 0.335 e. The Hall–Kier alpha value is -10.4. The first-order valence-corrected chi connectivity index (χ1v) is 27.7. The Labute approximate surface area is 496 Å². The first-order chi connectivity index (χ1) is 42.5. The van der Waals surface area contributed by atoms with Gasteiger partial charge in [0.25, 0.3) is 0 Å². The first kappa shape index (κ1) is 56.7. The van der Waals surface area contributed by atoms with Gasteiger partial charge >= 0.3 is 11.9 Å². The van der Waals surface area contributed by atoms with E-state index in [0.717, 1.165) is 49.2 Å². The maximum atomic E-state index is 15.6. The van der Waals surface area contributed by atoms with Gasteiger partial charge in [0, 0.05) is 59.1 Å². The number of hydrogen-bond acceptors (Lipinski definition) is 12. The van der Waals surface area contributed by atoms with E-state index in [1.165, 1.54) is 60.7 Å². The number of halogens is 6. The fraction of sp³-hybridized carbons (Fsp3) is 0.212. The van der Waals surface area contributed by atoms with E-state index in [0.29, 0.717) is 60.1 Å². The van der Waals surface area contributed by atoms with E-state index < -0.39 is 46.8 Å². The van der Waals surface area contributed by atoms with E-state index in [1.807, 2.05) is 21.3 Å². The van der Waals surface area contributed by atoms with Gasteiger partial charge < -0.3 is 38.3 Å². The van der Waals surface area contributed by atoms with Gasteiger partial charge in [0.15, 0.2) is 0 Å². The number of benzene rings is 6. The molecule has 2 saturated heterocycles. The molecule has 88 heavy (non-hydrogen) atoms. The number of nitrogens with zero attached hydrogens (tertiary/aromatic N) is 8. The average molecular weight is 1190 g/mol. The highest BCUT2D eigenvalue weighted by molar-refractivity contribution is 5.93. The number of nitriles is 2. The molecular weight excluding hydrogens is 1150 g/mol. The zero-order valence-electron chi connectivity index (χ0n) is 46.1. The Kier molecular flexibility index (Phi) is 14.5. The second-order valence-electron chi connectivity index (χ2n) is 22.1. The number of fused-ring (bicyclic) bond motifs is 4. The molecule has 4 unspecified atom stereocenters. The van der Waals surface area contributed by atoms with Crippen LogP contribution in [0.4, 0.5) is 26.3 Å². The van der Waals surface area contributed by atoms with Gasteiger partial charge in [0.1, 0.15) is 59.8 Å². The normalized spacial score (nSPS) is 18.6. The molecule has 6 aromatic carbocycles. The predicted molar refractivity (Wildman–Crippen MR) is 303 cm³/mol. The number of carbonyl (C=O) groups is 2. The van der Waals surface area contributed by atoms with E-state index in [2.05, 4.69) is 9.97 Å². The van der Waals surface area contributed by atoms with Crippen LogP contribution in [0.5, 0.6) is 11.8 Å². The first-order valence-electron chi connectivity index (χ1n) is 27.7. The third-order valence-corrected chi connectivity index (χ3v) is 16.7. The van der Waals surface area contributed by atoms with Crippen molar-refractivity contribution in [2.24, 2.45) is 11.8 Å². The summed E-state index contributed by atoms with van der Waals surface area (Å²) in [6.07, 6.45) is 1.61. The Morgan fingerprint density at radius 3 is 1.31 bits per heavy atom. The molecule has 0 radical (unpaired) electrons. The number of aromatic carboxylic acids is 2. The van der Waals surface area contributed by atoms with Crippen LogP contribution in [0.3, 0.4) is 0 Å². The van der Waals surface area contributed by atoms with Crippen molar-refractivity contribution < 1.29 is 65.1 Å². The Morgan fingerprint density at radius 1 is 0.523 bits per heavy atom. The number of aromatic nitrogens is 6. The molecule has 2 aliphatic carbocycles. The predicted octanol–water partition coefficient (Wildman–Crippen LogP) is 12.0. The molecule has 0 spiro atoms. The largest absolute Gasteiger partial charge is 0.478 e. The van der Waals surface area contributed by atoms with E-state index in [4.69, 9.17) is 39.4 Å². The summed E-state index contributed by atoms with van der Waals surface area (Å²) < 4.78 is 117. The van der Waals surface area contributed by atoms with Gasteiger partial charge in [-0.15, -0.1) is 0 Å². The minimum Gasteiger partial charge on any atom is -0.478 e. The lowest BCUT2D eigenvalue weighted by molar-refractivity contribution is 0.0686. The van der Waals surface area contributed by atoms with Crippen molar-refractivity contribution in [1.29, 1.82) is 10.5 Å². The SMILES string of the molecule is N#Cc1ccc(COc2cccc(-c3cc(F)c(Cc4nc5ccc(C(=O)O)cc5n4C45COCC4C5)cc3F)n2)c(F)c1.N#Cc1ccc(COc2cccc(-c3cc(F)c(Cc4nc5ccc(C(=O)O)cc5n4C45COCC4C5)cc3F)n2)c(F)c1. The van der Waals surface area contributed by atoms with Crippen LogP contribution in [0.2, 0.25) is 0 Å². The smallest absolute Gasteiger partial charge is 0.335 e. The molecule has 440 valence electrons. The third-order valence-electron chi connectivity index (χ3n) is 16.7. The summed E-state index contributed by atoms with van der Waals surface area (Å²) in [6.45, 7) is 1.68. The van der Waals surface area contributed by atoms with E-state index >= 15 is 17.6 Å². The van der Waals surface area contributed by atoms with E-state index in [1.54, 1.807) is 36.4 Å². The molecule has 4 aliphatic rings. The van der Waals surface area contributed by atoms with Crippen molar-refractivity contribution in [2.75, 3.05) is 26.4 Å². The summed E-state index contributed by atoms with van der Waals surface area (Å²) in [5.74, 6) is -4.43. The molecule has 2 aliphatic heterocycles. The van der Waals surface area contributed by atoms with Crippen molar-refractivity contribution in [3.8, 4) is 46.4 Å². The Bertz CT molecular complexity index is 4330. The molecule has 16 nitrogen and oxygen atoms in total. The highest BCUT2D eigenvalue weighted by atomic mass is 19.1. The molecule has 0 amide bonds. The van der Waals surface area contributed by atoms with Crippen LogP contribution < -0.4 is 9.47 Å². The molecule has 6 heterocycles. The van der Waals surface area contributed by atoms with Crippen molar-refractivity contribution in [2.45, 2.75) is 50.0 Å². The molecule has 4 aromatic heterocycles. The van der Waals surface area contributed by atoms with Crippen molar-refractivity contribution in [1.82, 2.24) is 29.1 Å². The number of imidazole rings is 2. The lowest BCUT2D eigenvalue weighted by Gasteiger charge is -2.19. The van der Waals surface area contributed by atoms with Crippen molar-refractivity contribution in [3.05, 3.63) is 225 Å². The minimum absolute atomic E-state index is 0.0265. The van der Waals surface area contributed by atoms with Gasteiger partial charge in [-0.2, -0.15) is 10.5 Å². The van der Waals surface area contributed by atoms with Gasteiger partial charge in [-0.25, -0.2) is 55.9 Å². The Balaban J connectivity index is 0.000000162. The highest BCUT2D eigenvalue weighted by Crippen LogP contribution is 2.57. The number of hydrogen-bond donors (Lipinski definition) is 2. The van der Waals surface area contributed by atoms with Gasteiger partial charge in [0.2, 0.25) is 11.8 Å². The quantitative estimate of drug-likeness (QED) is 0.0860. The zero-order chi connectivity index (χ0) is 61.2. The highest BCUT2D eigenvalue weighted by Gasteiger charge is 2.62. The number of carboxylic acids is 2. The third kappa shape index (κ3) is 10.6. The standard InChI is InChI=1S/2C33H23F3N4O4/c2*34-24-8-18(14-37)4-5-20(24)15-44-31-3-1-2-27(39-31)23-12-25(35)21(9-26(23)36)11-30-38-28-7-6-19(32(41)42)10-29(28)40(30)33-13-22(33)16-43-17-33/h2*1-10,12,22H,11,13,15-17H2,(H,41,42). The topological polar surface area (TPSA) is 221 Å². The van der Waals surface area contributed by atoms with Crippen LogP contribution >= 0.6 is 0 Å². The molecule has 4 atom stereocenters. The molecule has 2 N–H and O–H groups in total. The summed E-state index contributed by atoms with van der Waals surface area (Å²) in [5, 5.41) is 36.9. The fourth-order valence-electron chi connectivity index (χ4n) is 11.9. The van der Waals surface area contributed by atoms with Gasteiger partial charge in [-0.05, 0) is 121 Å². The van der Waals surface area contributed by atoms with E-state index in [-0.39, 0.29) is 128 Å². The summed E-state index contributed by atoms with van der Waals surface area (Å²) >= 11 is 0. The summed E-state index contributed by atoms with van der Waals surface area (Å²) in [7, 11) is 0. The second-order valence-corrected chi connectivity index (χ2v) is 22.1. The van der Waals surface area contributed by atoms with Crippen molar-refractivity contribution >= 4 is 34.0 Å². The Morgan fingerprint density at radius 2 is 0.943 bits per heavy atom. The number of pyridine rings is 2. The monoisotopic (exact) mass is 1190 g/mol. The number of rotatable bonds is 16. The molecule has 22 heteroatoms. The maximum absolute atomic E-state index is 15.6. The number of carboxylic acid groups (broad SMARTS) is 2. The van der Waals surface area contributed by atoms with Crippen LogP contribution in [0, 0.1) is 69.4 Å². The summed E-state index contributed by atoms with van der Waals surface area (Å²) in [4.78, 5) is 41.3. The fourth-order valence-corrected chi connectivity index (χ4v) is 11.9. The average Bonchev–Trinajstić information content (AvgIpc) is 1.55. The second kappa shape index (κ2) is 22.5. The van der Waals surface area contributed by atoms with Crippen molar-refractivity contribution in [3.63, 3.8) is 0 Å². The van der Waals surface area contributed by atoms with Crippen LogP contribution in [-0.2, 0) is 46.6 Å². The summed E-state index contributed by atoms with van der Waals surface area (Å²) in [5.41, 5.74) is 2.86. The molecule has 2 saturated carbocycles. The molecule has 14 rings (SSSR count). The van der Waals surface area contributed by atoms with Gasteiger partial charge in [-0.1, -0.05) is 24.3 Å². The molecular formula is C66H46F6N8O8. The zero-order valence-corrected chi connectivity index (χ0v) is 46.1. The van der Waals surface area contributed by atoms with Gasteiger partial charge in [0.05, 0.1) is 105 Å². The lowest BCUT2D eigenvalue weighted by atomic mass is 10.0. The van der Waals surface area contributed by atoms with Crippen LogP contribution in [0.15, 0.2) is 133 Å². The van der Waals surface area contributed by atoms with Crippen LogP contribution in [0.25, 0.3) is 44.6 Å².